The fourth-order valence-corrected chi connectivity index (χ4v) is 3.85. The molecule has 1 aliphatic rings. The summed E-state index contributed by atoms with van der Waals surface area (Å²) in [6.07, 6.45) is 1.85. The van der Waals surface area contributed by atoms with E-state index in [1.165, 1.54) is 4.57 Å². The first-order chi connectivity index (χ1) is 15.0. The Morgan fingerprint density at radius 1 is 1.13 bits per heavy atom. The third-order valence-electron chi connectivity index (χ3n) is 5.52. The second-order valence-electron chi connectivity index (χ2n) is 7.68. The van der Waals surface area contributed by atoms with E-state index >= 15 is 0 Å². The molecular weight excluding hydrogens is 418 g/mol. The van der Waals surface area contributed by atoms with Gasteiger partial charge in [0.15, 0.2) is 0 Å². The number of fused-ring (bicyclic) bond motifs is 1. The van der Waals surface area contributed by atoms with Crippen molar-refractivity contribution in [3.63, 3.8) is 0 Å². The zero-order valence-electron chi connectivity index (χ0n) is 16.9. The number of halogens is 1. The molecular formula is C22H20ClN5O3. The van der Waals surface area contributed by atoms with Crippen molar-refractivity contribution >= 4 is 28.5 Å². The molecule has 0 aliphatic heterocycles. The fraction of sp³-hybridized carbons (Fsp3) is 0.273. The van der Waals surface area contributed by atoms with E-state index in [9.17, 15) is 9.59 Å². The van der Waals surface area contributed by atoms with Gasteiger partial charge in [-0.25, -0.2) is 4.79 Å². The molecule has 0 bridgehead atoms. The number of aromatic nitrogens is 4. The van der Waals surface area contributed by atoms with E-state index in [4.69, 9.17) is 16.0 Å². The number of aryl methyl sites for hydroxylation is 1. The predicted molar refractivity (Wildman–Crippen MR) is 115 cm³/mol. The molecule has 1 saturated carbocycles. The Morgan fingerprint density at radius 3 is 2.55 bits per heavy atom. The Bertz CT molecular complexity index is 1320. The summed E-state index contributed by atoms with van der Waals surface area (Å²) < 4.78 is 8.85. The number of carbonyl (C=O) groups is 1. The minimum atomic E-state index is -0.215. The van der Waals surface area contributed by atoms with Crippen LogP contribution in [0.3, 0.4) is 0 Å². The molecule has 1 aliphatic carbocycles. The molecule has 4 aromatic rings. The number of benzene rings is 2. The zero-order valence-corrected chi connectivity index (χ0v) is 17.6. The molecule has 1 fully saturated rings. The van der Waals surface area contributed by atoms with Crippen molar-refractivity contribution in [1.29, 1.82) is 0 Å². The lowest BCUT2D eigenvalue weighted by molar-refractivity contribution is -0.133. The summed E-state index contributed by atoms with van der Waals surface area (Å²) >= 11 is 5.93. The van der Waals surface area contributed by atoms with Gasteiger partial charge in [-0.15, -0.1) is 10.2 Å². The lowest BCUT2D eigenvalue weighted by Gasteiger charge is -2.20. The molecule has 158 valence electrons. The van der Waals surface area contributed by atoms with Crippen LogP contribution in [0.5, 0.6) is 0 Å². The number of hydrogen-bond acceptors (Lipinski definition) is 5. The molecule has 0 radical (unpaired) electrons. The highest BCUT2D eigenvalue weighted by atomic mass is 35.5. The normalized spacial score (nSPS) is 13.6. The Hall–Kier alpha value is -3.39. The third kappa shape index (κ3) is 3.74. The highest BCUT2D eigenvalue weighted by Crippen LogP contribution is 2.29. The molecule has 2 aromatic heterocycles. The number of para-hydroxylation sites is 2. The van der Waals surface area contributed by atoms with Crippen LogP contribution in [0.2, 0.25) is 5.02 Å². The monoisotopic (exact) mass is 437 g/mol. The van der Waals surface area contributed by atoms with Crippen LogP contribution >= 0.6 is 11.6 Å². The van der Waals surface area contributed by atoms with Crippen LogP contribution in [-0.4, -0.2) is 36.2 Å². The number of rotatable bonds is 6. The van der Waals surface area contributed by atoms with Crippen molar-refractivity contribution < 1.29 is 9.21 Å². The van der Waals surface area contributed by atoms with Gasteiger partial charge in [0.1, 0.15) is 6.54 Å². The minimum absolute atomic E-state index is 0.0329. The van der Waals surface area contributed by atoms with Gasteiger partial charge in [0.05, 0.1) is 17.6 Å². The SMILES string of the molecule is Cn1c(=O)n(CC(=O)N(Cc2nnc(-c3ccc(Cl)cc3)o2)C2CC2)c2ccccc21. The summed E-state index contributed by atoms with van der Waals surface area (Å²) in [4.78, 5) is 27.6. The lowest BCUT2D eigenvalue weighted by atomic mass is 10.2. The Labute approximate surface area is 182 Å². The molecule has 0 atom stereocenters. The van der Waals surface area contributed by atoms with Crippen molar-refractivity contribution in [1.82, 2.24) is 24.2 Å². The molecule has 1 amide bonds. The fourth-order valence-electron chi connectivity index (χ4n) is 3.72. The van der Waals surface area contributed by atoms with E-state index in [0.29, 0.717) is 16.8 Å². The molecule has 2 aromatic carbocycles. The predicted octanol–water partition coefficient (Wildman–Crippen LogP) is 3.23. The summed E-state index contributed by atoms with van der Waals surface area (Å²) in [6, 6.07) is 14.7. The van der Waals surface area contributed by atoms with Crippen LogP contribution in [0.25, 0.3) is 22.5 Å². The van der Waals surface area contributed by atoms with Crippen LogP contribution < -0.4 is 5.69 Å². The number of nitrogens with zero attached hydrogens (tertiary/aromatic N) is 5. The smallest absolute Gasteiger partial charge is 0.329 e. The molecule has 5 rings (SSSR count). The van der Waals surface area contributed by atoms with Crippen LogP contribution in [-0.2, 0) is 24.9 Å². The van der Waals surface area contributed by atoms with Gasteiger partial charge in [-0.1, -0.05) is 23.7 Å². The average Bonchev–Trinajstić information content (AvgIpc) is 3.47. The standard InChI is InChI=1S/C22H20ClN5O3/c1-26-17-4-2-3-5-18(17)28(22(26)30)13-20(29)27(16-10-11-16)12-19-24-25-21(31-19)14-6-8-15(23)9-7-14/h2-9,16H,10-13H2,1H3. The number of hydrogen-bond donors (Lipinski definition) is 0. The van der Waals surface area contributed by atoms with E-state index in [0.717, 1.165) is 29.4 Å². The van der Waals surface area contributed by atoms with Crippen LogP contribution in [0, 0.1) is 0 Å². The lowest BCUT2D eigenvalue weighted by Crippen LogP contribution is -2.37. The van der Waals surface area contributed by atoms with E-state index in [1.54, 1.807) is 40.8 Å². The summed E-state index contributed by atoms with van der Waals surface area (Å²) in [5.41, 5.74) is 2.08. The van der Waals surface area contributed by atoms with Crippen molar-refractivity contribution in [2.24, 2.45) is 7.05 Å². The number of amides is 1. The van der Waals surface area contributed by atoms with Gasteiger partial charge < -0.3 is 9.32 Å². The second kappa shape index (κ2) is 7.70. The average molecular weight is 438 g/mol. The van der Waals surface area contributed by atoms with Gasteiger partial charge in [-0.2, -0.15) is 0 Å². The Balaban J connectivity index is 1.38. The maximum atomic E-state index is 13.2. The summed E-state index contributed by atoms with van der Waals surface area (Å²) in [7, 11) is 1.71. The molecule has 9 heteroatoms. The largest absolute Gasteiger partial charge is 0.419 e. The van der Waals surface area contributed by atoms with Gasteiger partial charge in [0.2, 0.25) is 17.7 Å². The van der Waals surface area contributed by atoms with E-state index < -0.39 is 0 Å². The first kappa shape index (κ1) is 19.6. The van der Waals surface area contributed by atoms with Gasteiger partial charge in [-0.3, -0.25) is 13.9 Å². The van der Waals surface area contributed by atoms with Crippen LogP contribution in [0.4, 0.5) is 0 Å². The van der Waals surface area contributed by atoms with Crippen LogP contribution in [0.1, 0.15) is 18.7 Å². The van der Waals surface area contributed by atoms with Gasteiger partial charge >= 0.3 is 5.69 Å². The Morgan fingerprint density at radius 2 is 1.84 bits per heavy atom. The second-order valence-corrected chi connectivity index (χ2v) is 8.11. The zero-order chi connectivity index (χ0) is 21.5. The molecule has 8 nitrogen and oxygen atoms in total. The molecule has 0 saturated heterocycles. The quantitative estimate of drug-likeness (QED) is 0.462. The summed E-state index contributed by atoms with van der Waals surface area (Å²) in [6.45, 7) is 0.179. The van der Waals surface area contributed by atoms with Crippen LogP contribution in [0.15, 0.2) is 57.7 Å². The molecule has 2 heterocycles. The van der Waals surface area contributed by atoms with Crippen molar-refractivity contribution in [2.45, 2.75) is 32.0 Å². The molecule has 31 heavy (non-hydrogen) atoms. The van der Waals surface area contributed by atoms with E-state index in [2.05, 4.69) is 10.2 Å². The summed E-state index contributed by atoms with van der Waals surface area (Å²) in [5.74, 6) is 0.586. The Kier molecular flexibility index (Phi) is 4.86. The van der Waals surface area contributed by atoms with Crippen molar-refractivity contribution in [2.75, 3.05) is 0 Å². The van der Waals surface area contributed by atoms with E-state index in [1.807, 2.05) is 24.3 Å². The van der Waals surface area contributed by atoms with Gasteiger partial charge in [0.25, 0.3) is 0 Å². The molecule has 0 unspecified atom stereocenters. The maximum absolute atomic E-state index is 13.2. The highest BCUT2D eigenvalue weighted by Gasteiger charge is 2.34. The van der Waals surface area contributed by atoms with Gasteiger partial charge in [0, 0.05) is 23.7 Å². The van der Waals surface area contributed by atoms with Crippen molar-refractivity contribution in [3.8, 4) is 11.5 Å². The van der Waals surface area contributed by atoms with E-state index in [-0.39, 0.29) is 30.7 Å². The molecule has 0 N–H and O–H groups in total. The number of carbonyl (C=O) groups excluding carboxylic acids is 1. The number of imidazole rings is 1. The highest BCUT2D eigenvalue weighted by molar-refractivity contribution is 6.30. The van der Waals surface area contributed by atoms with Crippen molar-refractivity contribution in [3.05, 3.63) is 69.9 Å². The first-order valence-electron chi connectivity index (χ1n) is 10.0. The molecule has 0 spiro atoms. The van der Waals surface area contributed by atoms with Gasteiger partial charge in [-0.05, 0) is 49.2 Å². The maximum Gasteiger partial charge on any atom is 0.329 e. The minimum Gasteiger partial charge on any atom is -0.419 e. The third-order valence-corrected chi connectivity index (χ3v) is 5.77. The first-order valence-corrected chi connectivity index (χ1v) is 10.4. The summed E-state index contributed by atoms with van der Waals surface area (Å²) in [5, 5.41) is 8.83. The topological polar surface area (TPSA) is 86.2 Å².